The van der Waals surface area contributed by atoms with Gasteiger partial charge in [0.2, 0.25) is 0 Å². The SMILES string of the molecule is CC1(C)c2ccccc2-c2cc3ccc4cc(-c5nc(-c6ccccc6)nc(-c6ccccc6-c6cccnc6)n5)ccc4c3cc21. The van der Waals surface area contributed by atoms with E-state index >= 15 is 0 Å². The lowest BCUT2D eigenvalue weighted by molar-refractivity contribution is 0.661. The Morgan fingerprint density at radius 3 is 1.87 bits per heavy atom. The third-order valence-electron chi connectivity index (χ3n) is 9.60. The van der Waals surface area contributed by atoms with Gasteiger partial charge in [0, 0.05) is 40.1 Å². The highest BCUT2D eigenvalue weighted by molar-refractivity contribution is 6.10. The zero-order valence-electron chi connectivity index (χ0n) is 26.1. The first-order valence-electron chi connectivity index (χ1n) is 16.0. The van der Waals surface area contributed by atoms with Gasteiger partial charge in [-0.1, -0.05) is 123 Å². The smallest absolute Gasteiger partial charge is 0.164 e. The molecule has 1 aliphatic carbocycles. The van der Waals surface area contributed by atoms with Gasteiger partial charge in [-0.3, -0.25) is 4.98 Å². The van der Waals surface area contributed by atoms with Gasteiger partial charge >= 0.3 is 0 Å². The van der Waals surface area contributed by atoms with Gasteiger partial charge in [-0.25, -0.2) is 15.0 Å². The fourth-order valence-corrected chi connectivity index (χ4v) is 7.19. The van der Waals surface area contributed by atoms with Crippen molar-refractivity contribution in [1.29, 1.82) is 0 Å². The van der Waals surface area contributed by atoms with E-state index in [2.05, 4.69) is 104 Å². The van der Waals surface area contributed by atoms with Crippen LogP contribution in [0.25, 0.3) is 78.0 Å². The second-order valence-electron chi connectivity index (χ2n) is 12.8. The molecule has 0 amide bonds. The summed E-state index contributed by atoms with van der Waals surface area (Å²) in [7, 11) is 0. The maximum absolute atomic E-state index is 5.10. The molecule has 0 spiro atoms. The van der Waals surface area contributed by atoms with Crippen LogP contribution in [0, 0.1) is 0 Å². The van der Waals surface area contributed by atoms with Crippen LogP contribution < -0.4 is 0 Å². The topological polar surface area (TPSA) is 51.6 Å². The molecule has 0 bridgehead atoms. The average Bonchev–Trinajstić information content (AvgIpc) is 3.36. The molecular weight excluding hydrogens is 573 g/mol. The minimum absolute atomic E-state index is 0.0521. The fraction of sp³-hybridized carbons (Fsp3) is 0.0698. The van der Waals surface area contributed by atoms with Crippen LogP contribution in [0.5, 0.6) is 0 Å². The molecule has 0 unspecified atom stereocenters. The number of hydrogen-bond acceptors (Lipinski definition) is 4. The maximum Gasteiger partial charge on any atom is 0.164 e. The summed E-state index contributed by atoms with van der Waals surface area (Å²) in [5.74, 6) is 1.91. The molecule has 4 heteroatoms. The number of benzene rings is 6. The summed E-state index contributed by atoms with van der Waals surface area (Å²) in [6, 6.07) is 47.0. The molecule has 0 saturated heterocycles. The van der Waals surface area contributed by atoms with Gasteiger partial charge in [-0.2, -0.15) is 0 Å². The Balaban J connectivity index is 1.21. The molecular formula is C43H30N4. The molecule has 9 rings (SSSR count). The van der Waals surface area contributed by atoms with Crippen molar-refractivity contribution in [1.82, 2.24) is 19.9 Å². The molecule has 2 aromatic heterocycles. The number of rotatable bonds is 4. The van der Waals surface area contributed by atoms with E-state index in [0.29, 0.717) is 17.5 Å². The molecule has 0 N–H and O–H groups in total. The molecule has 6 aromatic carbocycles. The summed E-state index contributed by atoms with van der Waals surface area (Å²) in [6.45, 7) is 4.67. The Labute approximate surface area is 273 Å². The van der Waals surface area contributed by atoms with E-state index < -0.39 is 0 Å². The van der Waals surface area contributed by atoms with Gasteiger partial charge in [0.05, 0.1) is 0 Å². The third kappa shape index (κ3) is 4.44. The van der Waals surface area contributed by atoms with Crippen molar-refractivity contribution in [2.45, 2.75) is 19.3 Å². The first kappa shape index (κ1) is 27.3. The van der Waals surface area contributed by atoms with Gasteiger partial charge < -0.3 is 0 Å². The molecule has 2 heterocycles. The van der Waals surface area contributed by atoms with Crippen molar-refractivity contribution < 1.29 is 0 Å². The molecule has 47 heavy (non-hydrogen) atoms. The van der Waals surface area contributed by atoms with E-state index in [9.17, 15) is 0 Å². The number of pyridine rings is 1. The van der Waals surface area contributed by atoms with Crippen molar-refractivity contribution in [2.75, 3.05) is 0 Å². The molecule has 0 fully saturated rings. The van der Waals surface area contributed by atoms with E-state index in [1.807, 2.05) is 54.7 Å². The van der Waals surface area contributed by atoms with E-state index in [1.54, 1.807) is 6.20 Å². The van der Waals surface area contributed by atoms with E-state index in [4.69, 9.17) is 15.0 Å². The van der Waals surface area contributed by atoms with Gasteiger partial charge in [-0.05, 0) is 73.6 Å². The molecule has 0 atom stereocenters. The highest BCUT2D eigenvalue weighted by Gasteiger charge is 2.35. The van der Waals surface area contributed by atoms with Crippen LogP contribution in [0.1, 0.15) is 25.0 Å². The number of hydrogen-bond donors (Lipinski definition) is 0. The van der Waals surface area contributed by atoms with Gasteiger partial charge in [0.1, 0.15) is 0 Å². The molecule has 8 aromatic rings. The van der Waals surface area contributed by atoms with E-state index in [-0.39, 0.29) is 5.41 Å². The predicted octanol–water partition coefficient (Wildman–Crippen LogP) is 10.5. The Kier molecular flexibility index (Phi) is 6.12. The lowest BCUT2D eigenvalue weighted by Crippen LogP contribution is -2.14. The van der Waals surface area contributed by atoms with Gasteiger partial charge in [0.15, 0.2) is 17.5 Å². The summed E-state index contributed by atoms with van der Waals surface area (Å²) in [6.07, 6.45) is 3.67. The molecule has 4 nitrogen and oxygen atoms in total. The van der Waals surface area contributed by atoms with Crippen LogP contribution in [0.2, 0.25) is 0 Å². The minimum atomic E-state index is -0.0521. The monoisotopic (exact) mass is 602 g/mol. The number of aromatic nitrogens is 4. The molecule has 222 valence electrons. The quantitative estimate of drug-likeness (QED) is 0.188. The molecule has 0 radical (unpaired) electrons. The maximum atomic E-state index is 5.10. The molecule has 0 saturated carbocycles. The third-order valence-corrected chi connectivity index (χ3v) is 9.60. The lowest BCUT2D eigenvalue weighted by atomic mass is 9.81. The highest BCUT2D eigenvalue weighted by atomic mass is 15.0. The van der Waals surface area contributed by atoms with Crippen molar-refractivity contribution in [3.8, 4) is 56.4 Å². The predicted molar refractivity (Wildman–Crippen MR) is 192 cm³/mol. The standard InChI is InChI=1S/C43H30N4/c1-43(2)38-17-9-8-15-34(38)37-24-29-19-18-28-23-30(20-21-33(28)36(29)25-39(37)43)41-45-40(27-11-4-3-5-12-27)46-42(47-41)35-16-7-6-14-32(35)31-13-10-22-44-26-31/h3-26H,1-2H3. The minimum Gasteiger partial charge on any atom is -0.264 e. The Hall–Kier alpha value is -6.00. The summed E-state index contributed by atoms with van der Waals surface area (Å²) < 4.78 is 0. The van der Waals surface area contributed by atoms with Crippen LogP contribution in [0.4, 0.5) is 0 Å². The normalized spacial score (nSPS) is 13.1. The van der Waals surface area contributed by atoms with Crippen molar-refractivity contribution in [3.05, 3.63) is 157 Å². The molecule has 0 aliphatic heterocycles. The lowest BCUT2D eigenvalue weighted by Gasteiger charge is -2.22. The summed E-state index contributed by atoms with van der Waals surface area (Å²) in [5, 5.41) is 4.89. The van der Waals surface area contributed by atoms with Gasteiger partial charge in [-0.15, -0.1) is 0 Å². The average molecular weight is 603 g/mol. The van der Waals surface area contributed by atoms with Crippen LogP contribution >= 0.6 is 0 Å². The van der Waals surface area contributed by atoms with Crippen molar-refractivity contribution >= 4 is 21.5 Å². The highest BCUT2D eigenvalue weighted by Crippen LogP contribution is 2.50. The second-order valence-corrected chi connectivity index (χ2v) is 12.8. The first-order chi connectivity index (χ1) is 23.0. The molecule has 1 aliphatic rings. The fourth-order valence-electron chi connectivity index (χ4n) is 7.19. The summed E-state index contributed by atoms with van der Waals surface area (Å²) in [4.78, 5) is 19.5. The first-order valence-corrected chi connectivity index (χ1v) is 16.0. The Bertz CT molecular complexity index is 2480. The van der Waals surface area contributed by atoms with Crippen molar-refractivity contribution in [3.63, 3.8) is 0 Å². The zero-order valence-corrected chi connectivity index (χ0v) is 26.1. The zero-order chi connectivity index (χ0) is 31.5. The van der Waals surface area contributed by atoms with E-state index in [1.165, 1.54) is 38.4 Å². The van der Waals surface area contributed by atoms with E-state index in [0.717, 1.165) is 33.2 Å². The van der Waals surface area contributed by atoms with Crippen LogP contribution in [0.15, 0.2) is 146 Å². The van der Waals surface area contributed by atoms with Crippen LogP contribution in [-0.4, -0.2) is 19.9 Å². The summed E-state index contributed by atoms with van der Waals surface area (Å²) in [5.41, 5.74) is 10.3. The Morgan fingerprint density at radius 1 is 0.426 bits per heavy atom. The Morgan fingerprint density at radius 2 is 1.09 bits per heavy atom. The van der Waals surface area contributed by atoms with Gasteiger partial charge in [0.25, 0.3) is 0 Å². The number of fused-ring (bicyclic) bond motifs is 6. The van der Waals surface area contributed by atoms with Crippen LogP contribution in [0.3, 0.4) is 0 Å². The number of nitrogens with zero attached hydrogens (tertiary/aromatic N) is 4. The second kappa shape index (κ2) is 10.5. The largest absolute Gasteiger partial charge is 0.264 e. The van der Waals surface area contributed by atoms with Crippen LogP contribution in [-0.2, 0) is 5.41 Å². The summed E-state index contributed by atoms with van der Waals surface area (Å²) >= 11 is 0. The van der Waals surface area contributed by atoms with Crippen molar-refractivity contribution in [2.24, 2.45) is 0 Å².